The first kappa shape index (κ1) is 10.2. The minimum Gasteiger partial charge on any atom is -0.384 e. The van der Waals surface area contributed by atoms with E-state index in [0.717, 1.165) is 17.5 Å². The predicted molar refractivity (Wildman–Crippen MR) is 63.8 cm³/mol. The van der Waals surface area contributed by atoms with E-state index in [2.05, 4.69) is 5.32 Å². The zero-order valence-corrected chi connectivity index (χ0v) is 8.88. The number of halogens is 1. The molecule has 15 heavy (non-hydrogen) atoms. The van der Waals surface area contributed by atoms with Crippen molar-refractivity contribution in [2.75, 3.05) is 11.9 Å². The van der Waals surface area contributed by atoms with E-state index in [1.165, 1.54) is 0 Å². The summed E-state index contributed by atoms with van der Waals surface area (Å²) in [6.07, 6.45) is 1.10. The molecule has 3 N–H and O–H groups in total. The molecule has 0 radical (unpaired) electrons. The molecule has 1 heterocycles. The zero-order chi connectivity index (χ0) is 10.8. The fraction of sp³-hybridized carbons (Fsp3) is 0.273. The normalized spacial score (nSPS) is 20.2. The Morgan fingerprint density at radius 1 is 1.53 bits per heavy atom. The van der Waals surface area contributed by atoms with Crippen molar-refractivity contribution in [3.8, 4) is 0 Å². The summed E-state index contributed by atoms with van der Waals surface area (Å²) in [4.78, 5) is 0. The second kappa shape index (κ2) is 4.03. The van der Waals surface area contributed by atoms with Gasteiger partial charge in [-0.2, -0.15) is 0 Å². The van der Waals surface area contributed by atoms with Gasteiger partial charge < -0.3 is 16.1 Å². The van der Waals surface area contributed by atoms with Gasteiger partial charge in [-0.3, -0.25) is 0 Å². The molecule has 0 saturated carbocycles. The number of benzene rings is 1. The van der Waals surface area contributed by atoms with E-state index in [4.69, 9.17) is 22.4 Å². The Hall–Kier alpha value is -1.35. The largest absolute Gasteiger partial charge is 0.384 e. The fourth-order valence-corrected chi connectivity index (χ4v) is 2.00. The number of nitrogens with one attached hydrogen (secondary N) is 3. The molecular weight excluding hydrogens is 210 g/mol. The van der Waals surface area contributed by atoms with E-state index in [1.54, 1.807) is 0 Å². The van der Waals surface area contributed by atoms with Crippen molar-refractivity contribution in [3.05, 3.63) is 29.8 Å². The zero-order valence-electron chi connectivity index (χ0n) is 8.13. The Kier molecular flexibility index (Phi) is 2.73. The van der Waals surface area contributed by atoms with Gasteiger partial charge in [0.1, 0.15) is 5.38 Å². The number of alkyl halides is 1. The van der Waals surface area contributed by atoms with Gasteiger partial charge in [0.25, 0.3) is 0 Å². The van der Waals surface area contributed by atoms with Crippen LogP contribution < -0.4 is 5.32 Å². The quantitative estimate of drug-likeness (QED) is 0.533. The maximum Gasteiger partial charge on any atom is 0.106 e. The molecule has 1 aliphatic heterocycles. The minimum atomic E-state index is -0.594. The van der Waals surface area contributed by atoms with E-state index in [0.29, 0.717) is 12.3 Å². The van der Waals surface area contributed by atoms with Gasteiger partial charge in [0.05, 0.1) is 0 Å². The molecule has 2 rings (SSSR count). The standard InChI is InChI=1S/C11H12ClN3/c12-9(5-13)11(14)8-6-15-10-4-2-1-3-7(8)10/h1-5,8-9,13-15H,6H2. The van der Waals surface area contributed by atoms with Crippen LogP contribution in [-0.4, -0.2) is 23.8 Å². The molecule has 0 bridgehead atoms. The Morgan fingerprint density at radius 2 is 2.27 bits per heavy atom. The molecule has 0 fully saturated rings. The molecule has 0 saturated heterocycles. The monoisotopic (exact) mass is 221 g/mol. The summed E-state index contributed by atoms with van der Waals surface area (Å²) in [5.41, 5.74) is 2.57. The van der Waals surface area contributed by atoms with Gasteiger partial charge in [0, 0.05) is 30.1 Å². The van der Waals surface area contributed by atoms with E-state index >= 15 is 0 Å². The Bertz CT molecular complexity index is 403. The molecule has 0 aromatic heterocycles. The predicted octanol–water partition coefficient (Wildman–Crippen LogP) is 2.47. The van der Waals surface area contributed by atoms with Gasteiger partial charge in [0.15, 0.2) is 0 Å². The van der Waals surface area contributed by atoms with Gasteiger partial charge in [-0.15, -0.1) is 11.6 Å². The van der Waals surface area contributed by atoms with Crippen LogP contribution in [0.5, 0.6) is 0 Å². The van der Waals surface area contributed by atoms with Crippen LogP contribution in [0.3, 0.4) is 0 Å². The molecule has 1 aromatic carbocycles. The fourth-order valence-electron chi connectivity index (χ4n) is 1.84. The first-order valence-corrected chi connectivity index (χ1v) is 5.23. The topological polar surface area (TPSA) is 59.7 Å². The average molecular weight is 222 g/mol. The summed E-state index contributed by atoms with van der Waals surface area (Å²) in [6.45, 7) is 0.704. The van der Waals surface area contributed by atoms with Crippen molar-refractivity contribution in [2.45, 2.75) is 11.3 Å². The highest BCUT2D eigenvalue weighted by atomic mass is 35.5. The summed E-state index contributed by atoms with van der Waals surface area (Å²) < 4.78 is 0. The molecule has 4 heteroatoms. The third-order valence-corrected chi connectivity index (χ3v) is 3.01. The van der Waals surface area contributed by atoms with E-state index in [1.807, 2.05) is 24.3 Å². The highest BCUT2D eigenvalue weighted by Gasteiger charge is 2.28. The minimum absolute atomic E-state index is 0.00491. The van der Waals surface area contributed by atoms with Crippen LogP contribution in [0.1, 0.15) is 11.5 Å². The molecule has 2 unspecified atom stereocenters. The van der Waals surface area contributed by atoms with Crippen LogP contribution in [-0.2, 0) is 0 Å². The van der Waals surface area contributed by atoms with Crippen LogP contribution in [0.2, 0.25) is 0 Å². The van der Waals surface area contributed by atoms with E-state index in [-0.39, 0.29) is 5.92 Å². The number of hydrogen-bond donors (Lipinski definition) is 3. The van der Waals surface area contributed by atoms with Crippen molar-refractivity contribution in [2.24, 2.45) is 0 Å². The smallest absolute Gasteiger partial charge is 0.106 e. The van der Waals surface area contributed by atoms with Crippen molar-refractivity contribution in [1.29, 1.82) is 10.8 Å². The lowest BCUT2D eigenvalue weighted by molar-refractivity contribution is 0.972. The van der Waals surface area contributed by atoms with Crippen molar-refractivity contribution < 1.29 is 0 Å². The van der Waals surface area contributed by atoms with Gasteiger partial charge in [-0.1, -0.05) is 18.2 Å². The maximum absolute atomic E-state index is 7.90. The first-order valence-electron chi connectivity index (χ1n) is 4.80. The molecule has 0 amide bonds. The third kappa shape index (κ3) is 1.75. The van der Waals surface area contributed by atoms with Gasteiger partial charge >= 0.3 is 0 Å². The average Bonchev–Trinajstić information content (AvgIpc) is 2.70. The summed E-state index contributed by atoms with van der Waals surface area (Å²) in [5, 5.41) is 17.6. The Labute approximate surface area is 93.5 Å². The van der Waals surface area contributed by atoms with Crippen LogP contribution in [0.25, 0.3) is 0 Å². The third-order valence-electron chi connectivity index (χ3n) is 2.65. The number of para-hydroxylation sites is 1. The summed E-state index contributed by atoms with van der Waals surface area (Å²) in [6, 6.07) is 7.92. The lowest BCUT2D eigenvalue weighted by atomic mass is 9.94. The Balaban J connectivity index is 2.28. The second-order valence-electron chi connectivity index (χ2n) is 3.54. The van der Waals surface area contributed by atoms with E-state index in [9.17, 15) is 0 Å². The van der Waals surface area contributed by atoms with Crippen LogP contribution >= 0.6 is 11.6 Å². The number of rotatable bonds is 3. The van der Waals surface area contributed by atoms with Crippen molar-refractivity contribution in [1.82, 2.24) is 0 Å². The maximum atomic E-state index is 7.90. The summed E-state index contributed by atoms with van der Waals surface area (Å²) in [7, 11) is 0. The summed E-state index contributed by atoms with van der Waals surface area (Å²) >= 11 is 5.87. The van der Waals surface area contributed by atoms with Crippen LogP contribution in [0, 0.1) is 10.8 Å². The Morgan fingerprint density at radius 3 is 3.00 bits per heavy atom. The summed E-state index contributed by atoms with van der Waals surface area (Å²) in [5.74, 6) is 0.00491. The van der Waals surface area contributed by atoms with Crippen LogP contribution in [0.15, 0.2) is 24.3 Å². The highest BCUT2D eigenvalue weighted by Crippen LogP contribution is 2.32. The van der Waals surface area contributed by atoms with E-state index < -0.39 is 5.38 Å². The molecule has 3 nitrogen and oxygen atoms in total. The lowest BCUT2D eigenvalue weighted by Gasteiger charge is -2.13. The highest BCUT2D eigenvalue weighted by molar-refractivity contribution is 6.40. The number of fused-ring (bicyclic) bond motifs is 1. The van der Waals surface area contributed by atoms with Gasteiger partial charge in [-0.25, -0.2) is 0 Å². The second-order valence-corrected chi connectivity index (χ2v) is 4.01. The number of hydrogen-bond acceptors (Lipinski definition) is 3. The molecule has 0 aliphatic carbocycles. The molecule has 78 valence electrons. The number of anilines is 1. The van der Waals surface area contributed by atoms with Gasteiger partial charge in [0.2, 0.25) is 0 Å². The molecular formula is C11H12ClN3. The lowest BCUT2D eigenvalue weighted by Crippen LogP contribution is -2.24. The molecule has 2 atom stereocenters. The van der Waals surface area contributed by atoms with Crippen molar-refractivity contribution in [3.63, 3.8) is 0 Å². The first-order chi connectivity index (χ1) is 7.24. The molecule has 0 spiro atoms. The van der Waals surface area contributed by atoms with Crippen LogP contribution in [0.4, 0.5) is 5.69 Å². The van der Waals surface area contributed by atoms with Crippen molar-refractivity contribution >= 4 is 29.2 Å². The SMILES string of the molecule is N=CC(Cl)C(=N)C1CNc2ccccc21. The molecule has 1 aromatic rings. The molecule has 1 aliphatic rings. The van der Waals surface area contributed by atoms with Gasteiger partial charge in [-0.05, 0) is 11.6 Å².